The number of benzene rings is 2. The van der Waals surface area contributed by atoms with Crippen LogP contribution >= 0.6 is 0 Å². The van der Waals surface area contributed by atoms with Crippen LogP contribution in [0.4, 0.5) is 6.01 Å². The van der Waals surface area contributed by atoms with Crippen molar-refractivity contribution in [2.75, 3.05) is 5.73 Å². The molecule has 1 aliphatic rings. The molecule has 1 saturated carbocycles. The van der Waals surface area contributed by atoms with Crippen LogP contribution in [0.25, 0.3) is 22.2 Å². The highest BCUT2D eigenvalue weighted by atomic mass is 16.4. The molecular weight excluding hydrogens is 338 g/mol. The number of carbonyl (C=O) groups excluding carboxylic acids is 1. The maximum atomic E-state index is 13.2. The Bertz CT molecular complexity index is 1020. The molecular formula is C22H23N3O2. The van der Waals surface area contributed by atoms with Gasteiger partial charge in [-0.25, -0.2) is 0 Å². The minimum Gasteiger partial charge on any atom is -0.424 e. The number of oxazole rings is 1. The van der Waals surface area contributed by atoms with Gasteiger partial charge in [0, 0.05) is 17.8 Å². The third kappa shape index (κ3) is 3.21. The number of aryl methyl sites for hydroxylation is 1. The maximum Gasteiger partial charge on any atom is 0.292 e. The van der Waals surface area contributed by atoms with E-state index in [1.165, 1.54) is 12.8 Å². The third-order valence-electron chi connectivity index (χ3n) is 5.35. The van der Waals surface area contributed by atoms with Crippen molar-refractivity contribution in [2.24, 2.45) is 0 Å². The van der Waals surface area contributed by atoms with Crippen molar-refractivity contribution >= 4 is 23.0 Å². The number of nitrogen functional groups attached to an aromatic ring is 1. The van der Waals surface area contributed by atoms with Gasteiger partial charge in [-0.1, -0.05) is 37.6 Å². The summed E-state index contributed by atoms with van der Waals surface area (Å²) in [6.45, 7) is 5.84. The van der Waals surface area contributed by atoms with Gasteiger partial charge in [-0.3, -0.25) is 4.79 Å². The molecule has 0 saturated heterocycles. The van der Waals surface area contributed by atoms with E-state index in [0.717, 1.165) is 29.5 Å². The van der Waals surface area contributed by atoms with Crippen molar-refractivity contribution < 1.29 is 9.21 Å². The van der Waals surface area contributed by atoms with Gasteiger partial charge in [0.2, 0.25) is 0 Å². The summed E-state index contributed by atoms with van der Waals surface area (Å²) in [5, 5.41) is 0. The van der Waals surface area contributed by atoms with E-state index in [-0.39, 0.29) is 18.0 Å². The molecule has 0 radical (unpaired) electrons. The van der Waals surface area contributed by atoms with E-state index >= 15 is 0 Å². The van der Waals surface area contributed by atoms with Crippen LogP contribution in [0.3, 0.4) is 0 Å². The van der Waals surface area contributed by atoms with Crippen LogP contribution in [0.1, 0.15) is 41.6 Å². The zero-order valence-corrected chi connectivity index (χ0v) is 15.4. The molecule has 1 aliphatic carbocycles. The van der Waals surface area contributed by atoms with Gasteiger partial charge in [-0.05, 0) is 54.7 Å². The number of fused-ring (bicyclic) bond motifs is 1. The van der Waals surface area contributed by atoms with Gasteiger partial charge in [0.25, 0.3) is 11.9 Å². The fourth-order valence-electron chi connectivity index (χ4n) is 3.88. The summed E-state index contributed by atoms with van der Waals surface area (Å²) in [7, 11) is 0. The molecule has 0 atom stereocenters. The highest BCUT2D eigenvalue weighted by Gasteiger charge is 2.26. The second-order valence-electron chi connectivity index (χ2n) is 7.10. The number of hydrogen-bond acceptors (Lipinski definition) is 4. The second kappa shape index (κ2) is 6.91. The molecule has 1 aromatic heterocycles. The molecule has 138 valence electrons. The van der Waals surface area contributed by atoms with E-state index in [2.05, 4.69) is 11.6 Å². The quantitative estimate of drug-likeness (QED) is 0.716. The van der Waals surface area contributed by atoms with Gasteiger partial charge in [0.15, 0.2) is 5.58 Å². The molecule has 1 heterocycles. The summed E-state index contributed by atoms with van der Waals surface area (Å²) in [6.07, 6.45) is 6.10. The van der Waals surface area contributed by atoms with Crippen molar-refractivity contribution in [1.82, 2.24) is 9.88 Å². The van der Waals surface area contributed by atoms with Crippen molar-refractivity contribution in [3.05, 3.63) is 60.3 Å². The zero-order chi connectivity index (χ0) is 19.0. The van der Waals surface area contributed by atoms with E-state index in [1.54, 1.807) is 11.1 Å². The van der Waals surface area contributed by atoms with Crippen LogP contribution in [0.5, 0.6) is 0 Å². The Morgan fingerprint density at radius 2 is 1.93 bits per heavy atom. The van der Waals surface area contributed by atoms with Crippen LogP contribution in [-0.4, -0.2) is 21.8 Å². The van der Waals surface area contributed by atoms with Crippen LogP contribution in [0, 0.1) is 6.92 Å². The Labute approximate surface area is 158 Å². The molecule has 0 bridgehead atoms. The molecule has 0 aliphatic heterocycles. The number of amides is 1. The second-order valence-corrected chi connectivity index (χ2v) is 7.10. The van der Waals surface area contributed by atoms with Gasteiger partial charge in [0.05, 0.1) is 0 Å². The van der Waals surface area contributed by atoms with Gasteiger partial charge < -0.3 is 15.1 Å². The highest BCUT2D eigenvalue weighted by molar-refractivity contribution is 5.98. The van der Waals surface area contributed by atoms with E-state index in [4.69, 9.17) is 10.2 Å². The summed E-state index contributed by atoms with van der Waals surface area (Å²) in [6, 6.07) is 12.1. The van der Waals surface area contributed by atoms with Gasteiger partial charge >= 0.3 is 0 Å². The standard InChI is InChI=1S/C22H23N3O2/c1-3-25(17-6-4-5-7-17)21(26)18-12-15(9-8-14(18)2)16-10-11-20-19(13-16)24-22(23)27-20/h3,8-13,17H,1,4-7H2,2H3,(H2,23,24). The molecule has 2 N–H and O–H groups in total. The molecule has 5 heteroatoms. The summed E-state index contributed by atoms with van der Waals surface area (Å²) >= 11 is 0. The Kier molecular flexibility index (Phi) is 4.44. The van der Waals surface area contributed by atoms with E-state index in [9.17, 15) is 4.79 Å². The van der Waals surface area contributed by atoms with Crippen molar-refractivity contribution in [3.63, 3.8) is 0 Å². The van der Waals surface area contributed by atoms with Crippen LogP contribution in [0.2, 0.25) is 0 Å². The number of aromatic nitrogens is 1. The Morgan fingerprint density at radius 1 is 1.22 bits per heavy atom. The first-order valence-electron chi connectivity index (χ1n) is 9.29. The fraction of sp³-hybridized carbons (Fsp3) is 0.273. The zero-order valence-electron chi connectivity index (χ0n) is 15.4. The lowest BCUT2D eigenvalue weighted by molar-refractivity contribution is 0.0771. The van der Waals surface area contributed by atoms with Crippen molar-refractivity contribution in [3.8, 4) is 11.1 Å². The van der Waals surface area contributed by atoms with Gasteiger partial charge in [0.1, 0.15) is 5.52 Å². The molecule has 0 spiro atoms. The fourth-order valence-corrected chi connectivity index (χ4v) is 3.88. The molecule has 2 aromatic carbocycles. The van der Waals surface area contributed by atoms with Crippen molar-refractivity contribution in [1.29, 1.82) is 0 Å². The molecule has 0 unspecified atom stereocenters. The first-order chi connectivity index (χ1) is 13.1. The average Bonchev–Trinajstić information content (AvgIpc) is 3.30. The summed E-state index contributed by atoms with van der Waals surface area (Å²) in [4.78, 5) is 19.2. The lowest BCUT2D eigenvalue weighted by Gasteiger charge is -2.26. The number of nitrogens with two attached hydrogens (primary N) is 1. The maximum absolute atomic E-state index is 13.2. The number of rotatable bonds is 4. The lowest BCUT2D eigenvalue weighted by atomic mass is 9.98. The molecule has 5 nitrogen and oxygen atoms in total. The average molecular weight is 361 g/mol. The molecule has 4 rings (SSSR count). The first kappa shape index (κ1) is 17.3. The lowest BCUT2D eigenvalue weighted by Crippen LogP contribution is -2.34. The van der Waals surface area contributed by atoms with Crippen LogP contribution in [-0.2, 0) is 0 Å². The third-order valence-corrected chi connectivity index (χ3v) is 5.35. The molecule has 3 aromatic rings. The predicted octanol–water partition coefficient (Wildman–Crippen LogP) is 4.91. The minimum atomic E-state index is 0.0167. The normalized spacial score (nSPS) is 14.6. The molecule has 1 fully saturated rings. The molecule has 27 heavy (non-hydrogen) atoms. The number of anilines is 1. The number of hydrogen-bond donors (Lipinski definition) is 1. The minimum absolute atomic E-state index is 0.0167. The largest absolute Gasteiger partial charge is 0.424 e. The van der Waals surface area contributed by atoms with Gasteiger partial charge in [-0.2, -0.15) is 4.98 Å². The smallest absolute Gasteiger partial charge is 0.292 e. The topological polar surface area (TPSA) is 72.4 Å². The number of carbonyl (C=O) groups is 1. The summed E-state index contributed by atoms with van der Waals surface area (Å²) in [5.41, 5.74) is 10.6. The monoisotopic (exact) mass is 361 g/mol. The van der Waals surface area contributed by atoms with Crippen molar-refractivity contribution in [2.45, 2.75) is 38.6 Å². The summed E-state index contributed by atoms with van der Waals surface area (Å²) in [5.74, 6) is 0.0167. The molecule has 1 amide bonds. The Hall–Kier alpha value is -3.08. The Morgan fingerprint density at radius 3 is 2.67 bits per heavy atom. The Balaban J connectivity index is 1.71. The number of nitrogens with zero attached hydrogens (tertiary/aromatic N) is 2. The van der Waals surface area contributed by atoms with Crippen LogP contribution < -0.4 is 5.73 Å². The van der Waals surface area contributed by atoms with Crippen LogP contribution in [0.15, 0.2) is 53.6 Å². The summed E-state index contributed by atoms with van der Waals surface area (Å²) < 4.78 is 5.34. The van der Waals surface area contributed by atoms with E-state index < -0.39 is 0 Å². The van der Waals surface area contributed by atoms with E-state index in [0.29, 0.717) is 16.7 Å². The predicted molar refractivity (Wildman–Crippen MR) is 107 cm³/mol. The first-order valence-corrected chi connectivity index (χ1v) is 9.29. The van der Waals surface area contributed by atoms with Gasteiger partial charge in [-0.15, -0.1) is 0 Å². The SMILES string of the molecule is C=CN(C(=O)c1cc(-c2ccc3oc(N)nc3c2)ccc1C)C1CCCC1. The van der Waals surface area contributed by atoms with E-state index in [1.807, 2.05) is 43.3 Å². The highest BCUT2D eigenvalue weighted by Crippen LogP contribution is 2.29.